The average molecular weight is 289 g/mol. The van der Waals surface area contributed by atoms with Crippen LogP contribution in [0.5, 0.6) is 0 Å². The molecule has 2 aliphatic rings. The Labute approximate surface area is 125 Å². The fourth-order valence-electron chi connectivity index (χ4n) is 2.95. The zero-order valence-electron chi connectivity index (χ0n) is 12.3. The van der Waals surface area contributed by atoms with E-state index in [2.05, 4.69) is 21.6 Å². The first-order valence-electron chi connectivity index (χ1n) is 7.80. The minimum atomic E-state index is -0.0588. The Hall–Kier alpha value is -1.59. The molecule has 0 aromatic heterocycles. The molecule has 0 spiro atoms. The van der Waals surface area contributed by atoms with E-state index in [0.29, 0.717) is 0 Å². The fraction of sp³-hybridized carbons (Fsp3) is 0.562. The van der Waals surface area contributed by atoms with Crippen LogP contribution in [0.4, 0.5) is 11.4 Å². The first-order chi connectivity index (χ1) is 10.3. The molecule has 1 atom stereocenters. The van der Waals surface area contributed by atoms with Gasteiger partial charge in [0.25, 0.3) is 0 Å². The highest BCUT2D eigenvalue weighted by Crippen LogP contribution is 2.26. The number of amides is 1. The van der Waals surface area contributed by atoms with Crippen molar-refractivity contribution in [2.24, 2.45) is 0 Å². The second kappa shape index (κ2) is 6.91. The normalized spacial score (nSPS) is 22.9. The zero-order valence-corrected chi connectivity index (χ0v) is 12.3. The SMILES string of the molecule is O=C(Nc1ccccc1N1CCOCC1)[C@H]1CCCCN1. The molecule has 0 bridgehead atoms. The van der Waals surface area contributed by atoms with E-state index >= 15 is 0 Å². The van der Waals surface area contributed by atoms with E-state index in [1.54, 1.807) is 0 Å². The molecule has 0 unspecified atom stereocenters. The number of hydrogen-bond donors (Lipinski definition) is 2. The largest absolute Gasteiger partial charge is 0.378 e. The first kappa shape index (κ1) is 14.4. The van der Waals surface area contributed by atoms with Gasteiger partial charge >= 0.3 is 0 Å². The third-order valence-corrected chi connectivity index (χ3v) is 4.14. The van der Waals surface area contributed by atoms with Gasteiger partial charge in [0.2, 0.25) is 5.91 Å². The third-order valence-electron chi connectivity index (χ3n) is 4.14. The van der Waals surface area contributed by atoms with Crippen LogP contribution in [-0.4, -0.2) is 44.8 Å². The highest BCUT2D eigenvalue weighted by atomic mass is 16.5. The zero-order chi connectivity index (χ0) is 14.5. The number of piperidine rings is 1. The van der Waals surface area contributed by atoms with E-state index < -0.39 is 0 Å². The molecule has 2 heterocycles. The lowest BCUT2D eigenvalue weighted by Gasteiger charge is -2.31. The van der Waals surface area contributed by atoms with E-state index in [9.17, 15) is 4.79 Å². The van der Waals surface area contributed by atoms with Crippen molar-refractivity contribution in [3.05, 3.63) is 24.3 Å². The number of ether oxygens (including phenoxy) is 1. The van der Waals surface area contributed by atoms with Gasteiger partial charge in [-0.3, -0.25) is 4.79 Å². The van der Waals surface area contributed by atoms with Crippen LogP contribution in [0.25, 0.3) is 0 Å². The molecule has 5 heteroatoms. The standard InChI is InChI=1S/C16H23N3O2/c20-16(14-6-3-4-8-17-14)18-13-5-1-2-7-15(13)19-9-11-21-12-10-19/h1-2,5,7,14,17H,3-4,6,8-12H2,(H,18,20)/t14-/m1/s1. The maximum Gasteiger partial charge on any atom is 0.241 e. The number of nitrogens with zero attached hydrogens (tertiary/aromatic N) is 1. The van der Waals surface area contributed by atoms with Crippen molar-refractivity contribution in [2.75, 3.05) is 43.1 Å². The number of benzene rings is 1. The summed E-state index contributed by atoms with van der Waals surface area (Å²) in [5, 5.41) is 6.39. The summed E-state index contributed by atoms with van der Waals surface area (Å²) in [6, 6.07) is 7.96. The predicted octanol–water partition coefficient (Wildman–Crippen LogP) is 1.60. The van der Waals surface area contributed by atoms with Gasteiger partial charge in [0.05, 0.1) is 30.6 Å². The average Bonchev–Trinajstić information content (AvgIpc) is 2.57. The second-order valence-electron chi connectivity index (χ2n) is 5.61. The molecular weight excluding hydrogens is 266 g/mol. The molecule has 2 N–H and O–H groups in total. The number of anilines is 2. The minimum absolute atomic E-state index is 0.0588. The molecule has 0 saturated carbocycles. The van der Waals surface area contributed by atoms with Crippen LogP contribution >= 0.6 is 0 Å². The molecule has 21 heavy (non-hydrogen) atoms. The summed E-state index contributed by atoms with van der Waals surface area (Å²) >= 11 is 0. The maximum absolute atomic E-state index is 12.4. The van der Waals surface area contributed by atoms with E-state index in [0.717, 1.165) is 63.5 Å². The lowest BCUT2D eigenvalue weighted by atomic mass is 10.0. The van der Waals surface area contributed by atoms with Crippen LogP contribution in [-0.2, 0) is 9.53 Å². The molecule has 114 valence electrons. The number of rotatable bonds is 3. The number of carbonyl (C=O) groups excluding carboxylic acids is 1. The van der Waals surface area contributed by atoms with Gasteiger partial charge < -0.3 is 20.3 Å². The van der Waals surface area contributed by atoms with Crippen molar-refractivity contribution >= 4 is 17.3 Å². The predicted molar refractivity (Wildman–Crippen MR) is 83.7 cm³/mol. The highest BCUT2D eigenvalue weighted by molar-refractivity contribution is 5.97. The Morgan fingerprint density at radius 1 is 1.24 bits per heavy atom. The summed E-state index contributed by atoms with van der Waals surface area (Å²) in [5.41, 5.74) is 1.99. The summed E-state index contributed by atoms with van der Waals surface area (Å²) in [7, 11) is 0. The van der Waals surface area contributed by atoms with E-state index in [1.165, 1.54) is 0 Å². The van der Waals surface area contributed by atoms with Crippen LogP contribution in [0.15, 0.2) is 24.3 Å². The minimum Gasteiger partial charge on any atom is -0.378 e. The third kappa shape index (κ3) is 3.54. The van der Waals surface area contributed by atoms with Gasteiger partial charge in [-0.25, -0.2) is 0 Å². The van der Waals surface area contributed by atoms with Gasteiger partial charge in [0.15, 0.2) is 0 Å². The van der Waals surface area contributed by atoms with Gasteiger partial charge in [-0.1, -0.05) is 18.6 Å². The molecule has 5 nitrogen and oxygen atoms in total. The molecule has 3 rings (SSSR count). The number of hydrogen-bond acceptors (Lipinski definition) is 4. The number of para-hydroxylation sites is 2. The Morgan fingerprint density at radius 2 is 2.05 bits per heavy atom. The Morgan fingerprint density at radius 3 is 2.81 bits per heavy atom. The van der Waals surface area contributed by atoms with E-state index in [-0.39, 0.29) is 11.9 Å². The molecule has 1 amide bonds. The molecule has 2 aliphatic heterocycles. The summed E-state index contributed by atoms with van der Waals surface area (Å²) in [4.78, 5) is 14.7. The van der Waals surface area contributed by atoms with E-state index in [1.807, 2.05) is 18.2 Å². The van der Waals surface area contributed by atoms with Crippen molar-refractivity contribution < 1.29 is 9.53 Å². The van der Waals surface area contributed by atoms with Crippen molar-refractivity contribution in [3.8, 4) is 0 Å². The molecule has 0 radical (unpaired) electrons. The summed E-state index contributed by atoms with van der Waals surface area (Å²) < 4.78 is 5.40. The Kier molecular flexibility index (Phi) is 4.72. The molecular formula is C16H23N3O2. The lowest BCUT2D eigenvalue weighted by Crippen LogP contribution is -2.44. The van der Waals surface area contributed by atoms with Gasteiger partial charge in [0.1, 0.15) is 0 Å². The van der Waals surface area contributed by atoms with Crippen LogP contribution in [0.2, 0.25) is 0 Å². The highest BCUT2D eigenvalue weighted by Gasteiger charge is 2.22. The van der Waals surface area contributed by atoms with Gasteiger partial charge in [0, 0.05) is 13.1 Å². The topological polar surface area (TPSA) is 53.6 Å². The van der Waals surface area contributed by atoms with E-state index in [4.69, 9.17) is 4.74 Å². The van der Waals surface area contributed by atoms with Crippen molar-refractivity contribution in [2.45, 2.75) is 25.3 Å². The van der Waals surface area contributed by atoms with Gasteiger partial charge in [-0.15, -0.1) is 0 Å². The quantitative estimate of drug-likeness (QED) is 0.887. The van der Waals surface area contributed by atoms with Crippen LogP contribution in [0.1, 0.15) is 19.3 Å². The molecule has 2 fully saturated rings. The monoisotopic (exact) mass is 289 g/mol. The summed E-state index contributed by atoms with van der Waals surface area (Å²) in [6.45, 7) is 4.16. The molecule has 0 aliphatic carbocycles. The van der Waals surface area contributed by atoms with Crippen LogP contribution in [0.3, 0.4) is 0 Å². The van der Waals surface area contributed by atoms with Crippen molar-refractivity contribution in [1.29, 1.82) is 0 Å². The van der Waals surface area contributed by atoms with Gasteiger partial charge in [-0.2, -0.15) is 0 Å². The molecule has 2 saturated heterocycles. The van der Waals surface area contributed by atoms with Gasteiger partial charge in [-0.05, 0) is 31.5 Å². The fourth-order valence-corrected chi connectivity index (χ4v) is 2.95. The molecule has 1 aromatic carbocycles. The van der Waals surface area contributed by atoms with Crippen molar-refractivity contribution in [1.82, 2.24) is 5.32 Å². The summed E-state index contributed by atoms with van der Waals surface area (Å²) in [6.07, 6.45) is 3.20. The Bertz CT molecular complexity index is 480. The smallest absolute Gasteiger partial charge is 0.241 e. The van der Waals surface area contributed by atoms with Crippen LogP contribution < -0.4 is 15.5 Å². The van der Waals surface area contributed by atoms with Crippen LogP contribution in [0, 0.1) is 0 Å². The number of nitrogens with one attached hydrogen (secondary N) is 2. The van der Waals surface area contributed by atoms with Crippen molar-refractivity contribution in [3.63, 3.8) is 0 Å². The number of carbonyl (C=O) groups is 1. The summed E-state index contributed by atoms with van der Waals surface area (Å²) in [5.74, 6) is 0.0791. The number of morpholine rings is 1. The second-order valence-corrected chi connectivity index (χ2v) is 5.61. The molecule has 1 aromatic rings. The lowest BCUT2D eigenvalue weighted by molar-refractivity contribution is -0.118. The Balaban J connectivity index is 1.70. The maximum atomic E-state index is 12.4. The first-order valence-corrected chi connectivity index (χ1v) is 7.80.